The van der Waals surface area contributed by atoms with Crippen molar-refractivity contribution in [1.29, 1.82) is 0 Å². The maximum Gasteiger partial charge on any atom is 0.351 e. The lowest BCUT2D eigenvalue weighted by molar-refractivity contribution is -0.150. The van der Waals surface area contributed by atoms with Crippen molar-refractivity contribution in [3.63, 3.8) is 0 Å². The van der Waals surface area contributed by atoms with Crippen LogP contribution in [0, 0.1) is 0 Å². The van der Waals surface area contributed by atoms with E-state index in [9.17, 15) is 32.7 Å². The first-order chi connectivity index (χ1) is 21.1. The number of benzene rings is 3. The van der Waals surface area contributed by atoms with E-state index in [0.29, 0.717) is 4.57 Å². The fourth-order valence-electron chi connectivity index (χ4n) is 4.37. The molecule has 13 nitrogen and oxygen atoms in total. The summed E-state index contributed by atoms with van der Waals surface area (Å²) in [4.78, 5) is 52.3. The molecule has 1 aromatic heterocycles. The zero-order chi connectivity index (χ0) is 31.3. The number of aliphatic hydroxyl groups is 1. The molecule has 5 rings (SSSR count). The number of imidazole rings is 1. The summed E-state index contributed by atoms with van der Waals surface area (Å²) in [5.74, 6) is -3.10. The number of carbonyl (C=O) groups excluding carboxylic acids is 4. The molecule has 44 heavy (non-hydrogen) atoms. The number of esters is 3. The molecule has 0 spiro atoms. The quantitative estimate of drug-likeness (QED) is 0.225. The van der Waals surface area contributed by atoms with Crippen LogP contribution in [0.4, 0.5) is 4.79 Å². The fourth-order valence-corrected chi connectivity index (χ4v) is 5.89. The van der Waals surface area contributed by atoms with Gasteiger partial charge < -0.3 is 24.1 Å². The lowest BCUT2D eigenvalue weighted by Crippen LogP contribution is -2.59. The molecule has 0 radical (unpaired) electrons. The number of sulfone groups is 1. The van der Waals surface area contributed by atoms with Crippen LogP contribution in [0.15, 0.2) is 110 Å². The van der Waals surface area contributed by atoms with Gasteiger partial charge in [0.05, 0.1) is 16.7 Å². The van der Waals surface area contributed by atoms with Gasteiger partial charge in [0, 0.05) is 12.4 Å². The number of rotatable bonds is 8. The Labute approximate surface area is 250 Å². The summed E-state index contributed by atoms with van der Waals surface area (Å²) in [7, 11) is -5.52. The predicted octanol–water partition coefficient (Wildman–Crippen LogP) is 2.62. The van der Waals surface area contributed by atoms with Crippen LogP contribution >= 0.6 is 0 Å². The van der Waals surface area contributed by atoms with Gasteiger partial charge in [0.25, 0.3) is 21.1 Å². The van der Waals surface area contributed by atoms with Crippen LogP contribution in [0.3, 0.4) is 0 Å². The first-order valence-electron chi connectivity index (χ1n) is 13.0. The van der Waals surface area contributed by atoms with Crippen LogP contribution < -0.4 is 0 Å². The molecule has 1 aliphatic rings. The van der Waals surface area contributed by atoms with E-state index in [0.717, 1.165) is 18.7 Å². The molecule has 14 heteroatoms. The normalized spacial score (nSPS) is 21.2. The van der Waals surface area contributed by atoms with Crippen LogP contribution in [0.2, 0.25) is 0 Å². The zero-order valence-electron chi connectivity index (χ0n) is 22.7. The van der Waals surface area contributed by atoms with E-state index in [1.54, 1.807) is 30.3 Å². The molecule has 3 aromatic carbocycles. The van der Waals surface area contributed by atoms with Crippen LogP contribution in [0.5, 0.6) is 0 Å². The van der Waals surface area contributed by atoms with E-state index in [1.807, 2.05) is 0 Å². The van der Waals surface area contributed by atoms with E-state index in [4.69, 9.17) is 18.9 Å². The molecule has 1 aliphatic heterocycles. The molecule has 0 aliphatic carbocycles. The van der Waals surface area contributed by atoms with Gasteiger partial charge in [-0.05, 0) is 36.4 Å². The van der Waals surface area contributed by atoms with Crippen molar-refractivity contribution in [3.05, 3.63) is 126 Å². The lowest BCUT2D eigenvalue weighted by Gasteiger charge is -2.31. The SMILES string of the molecule is O=C(OC[C@H]1O[C@H](OC(=O)c2ccccc2)[C@@](O)(S(=O)(=O)C(=O)n2ccnc2)[C@@H]1OC(=O)c1ccccc1)c1ccccc1. The Bertz CT molecular complexity index is 1750. The van der Waals surface area contributed by atoms with E-state index in [-0.39, 0.29) is 16.7 Å². The van der Waals surface area contributed by atoms with Crippen molar-refractivity contribution in [1.82, 2.24) is 9.55 Å². The predicted molar refractivity (Wildman–Crippen MR) is 150 cm³/mol. The van der Waals surface area contributed by atoms with E-state index < -0.39 is 63.0 Å². The molecule has 0 bridgehead atoms. The third kappa shape index (κ3) is 5.86. The van der Waals surface area contributed by atoms with Crippen molar-refractivity contribution in [2.75, 3.05) is 6.61 Å². The largest absolute Gasteiger partial charge is 0.459 e. The van der Waals surface area contributed by atoms with E-state index in [2.05, 4.69) is 4.98 Å². The van der Waals surface area contributed by atoms with E-state index >= 15 is 0 Å². The molecule has 226 valence electrons. The van der Waals surface area contributed by atoms with Crippen LogP contribution in [0.25, 0.3) is 0 Å². The molecule has 4 atom stereocenters. The highest BCUT2D eigenvalue weighted by molar-refractivity contribution is 8.07. The Kier molecular flexibility index (Phi) is 8.66. The van der Waals surface area contributed by atoms with Crippen LogP contribution in [-0.4, -0.2) is 76.3 Å². The molecule has 0 unspecified atom stereocenters. The summed E-state index contributed by atoms with van der Waals surface area (Å²) in [5, 5.41) is 10.3. The smallest absolute Gasteiger partial charge is 0.351 e. The first-order valence-corrected chi connectivity index (χ1v) is 14.5. The molecule has 4 aromatic rings. The third-order valence-electron chi connectivity index (χ3n) is 6.61. The minimum absolute atomic E-state index is 0.0436. The summed E-state index contributed by atoms with van der Waals surface area (Å²) in [6.07, 6.45) is -3.41. The number of hydrogen-bond donors (Lipinski definition) is 1. The fraction of sp³-hybridized carbons (Fsp3) is 0.167. The zero-order valence-corrected chi connectivity index (χ0v) is 23.5. The van der Waals surface area contributed by atoms with Crippen molar-refractivity contribution >= 4 is 33.0 Å². The molecule has 1 fully saturated rings. The second-order valence-corrected chi connectivity index (χ2v) is 11.4. The summed E-state index contributed by atoms with van der Waals surface area (Å²) in [6.45, 7) is -0.781. The maximum atomic E-state index is 13.9. The summed E-state index contributed by atoms with van der Waals surface area (Å²) < 4.78 is 50.1. The Morgan fingerprint density at radius 3 is 1.80 bits per heavy atom. The van der Waals surface area contributed by atoms with Crippen molar-refractivity contribution < 1.29 is 51.6 Å². The minimum Gasteiger partial charge on any atom is -0.459 e. The van der Waals surface area contributed by atoms with Crippen molar-refractivity contribution in [2.24, 2.45) is 0 Å². The molecular formula is C30H24N2O11S. The Morgan fingerprint density at radius 2 is 1.30 bits per heavy atom. The highest BCUT2D eigenvalue weighted by Gasteiger charge is 2.70. The Balaban J connectivity index is 1.56. The standard InChI is InChI=1S/C30H24N2O11S/c33-25(20-10-4-1-5-11-20)40-18-23-24(42-26(34)21-12-6-2-7-13-21)30(37,44(38,39)29(36)32-17-16-31-19-32)28(41-23)43-27(35)22-14-8-3-9-15-22/h1-17,19,23-24,28,37H,18H2/t23-,24-,28-,30+/m1/s1. The number of aromatic nitrogens is 2. The molecule has 0 saturated carbocycles. The van der Waals surface area contributed by atoms with Gasteiger partial charge >= 0.3 is 23.1 Å². The number of nitrogens with zero attached hydrogens (tertiary/aromatic N) is 2. The average molecular weight is 621 g/mol. The Hall–Kier alpha value is -5.18. The molecule has 0 amide bonds. The highest BCUT2D eigenvalue weighted by atomic mass is 32.2. The average Bonchev–Trinajstić information content (AvgIpc) is 3.68. The van der Waals surface area contributed by atoms with Gasteiger partial charge in [-0.3, -0.25) is 9.36 Å². The summed E-state index contributed by atoms with van der Waals surface area (Å²) in [5.41, 5.74) is 0.0417. The second-order valence-electron chi connectivity index (χ2n) is 9.43. The second kappa shape index (κ2) is 12.6. The van der Waals surface area contributed by atoms with Crippen molar-refractivity contribution in [3.8, 4) is 0 Å². The summed E-state index contributed by atoms with van der Waals surface area (Å²) >= 11 is 0. The van der Waals surface area contributed by atoms with Gasteiger partial charge in [0.15, 0.2) is 6.10 Å². The van der Waals surface area contributed by atoms with Crippen molar-refractivity contribution in [2.45, 2.75) is 23.4 Å². The molecular weight excluding hydrogens is 596 g/mol. The third-order valence-corrected chi connectivity index (χ3v) is 8.57. The van der Waals surface area contributed by atoms with Gasteiger partial charge in [-0.2, -0.15) is 0 Å². The maximum absolute atomic E-state index is 13.9. The molecule has 1 N–H and O–H groups in total. The molecule has 2 heterocycles. The lowest BCUT2D eigenvalue weighted by atomic mass is 10.1. The van der Waals surface area contributed by atoms with Gasteiger partial charge in [-0.15, -0.1) is 0 Å². The van der Waals surface area contributed by atoms with Crippen LogP contribution in [0.1, 0.15) is 31.1 Å². The van der Waals surface area contributed by atoms with E-state index in [1.165, 1.54) is 60.7 Å². The number of ether oxygens (including phenoxy) is 4. The Morgan fingerprint density at radius 1 is 0.795 bits per heavy atom. The highest BCUT2D eigenvalue weighted by Crippen LogP contribution is 2.41. The van der Waals surface area contributed by atoms with Gasteiger partial charge in [0.2, 0.25) is 0 Å². The topological polar surface area (TPSA) is 177 Å². The monoisotopic (exact) mass is 620 g/mol. The summed E-state index contributed by atoms with van der Waals surface area (Å²) in [6, 6.07) is 22.5. The first kappa shape index (κ1) is 30.3. The van der Waals surface area contributed by atoms with Gasteiger partial charge in [-0.1, -0.05) is 54.6 Å². The van der Waals surface area contributed by atoms with Gasteiger partial charge in [0.1, 0.15) is 19.0 Å². The molecule has 1 saturated heterocycles. The minimum atomic E-state index is -5.52. The van der Waals surface area contributed by atoms with Crippen LogP contribution in [-0.2, 0) is 28.8 Å². The number of carbonyl (C=O) groups is 4. The van der Waals surface area contributed by atoms with Gasteiger partial charge in [-0.25, -0.2) is 27.8 Å². The number of hydrogen-bond acceptors (Lipinski definition) is 12.